The fraction of sp³-hybridized carbons (Fsp3) is 0.364. The number of nitrogens with one attached hydrogen (secondary N) is 1. The van der Waals surface area contributed by atoms with Crippen molar-refractivity contribution in [2.45, 2.75) is 20.8 Å². The van der Waals surface area contributed by atoms with E-state index >= 15 is 0 Å². The zero-order valence-electron chi connectivity index (χ0n) is 9.74. The Labute approximate surface area is 104 Å². The third-order valence-electron chi connectivity index (χ3n) is 2.03. The second kappa shape index (κ2) is 4.71. The molecule has 17 heavy (non-hydrogen) atoms. The zero-order valence-corrected chi connectivity index (χ0v) is 10.5. The Kier molecular flexibility index (Phi) is 3.72. The molecule has 0 saturated heterocycles. The molecule has 0 atom stereocenters. The number of aromatic nitrogens is 1. The fourth-order valence-corrected chi connectivity index (χ4v) is 1.17. The molecule has 1 heterocycles. The number of nitrogens with zero attached hydrogens (tertiary/aromatic N) is 1. The predicted molar refractivity (Wildman–Crippen MR) is 64.3 cm³/mol. The van der Waals surface area contributed by atoms with Gasteiger partial charge in [-0.05, 0) is 6.07 Å². The van der Waals surface area contributed by atoms with E-state index in [9.17, 15) is 9.59 Å². The number of carbonyl (C=O) groups excluding carboxylic acids is 1. The van der Waals surface area contributed by atoms with E-state index in [-0.39, 0.29) is 22.3 Å². The lowest BCUT2D eigenvalue weighted by Gasteiger charge is -2.18. The summed E-state index contributed by atoms with van der Waals surface area (Å²) in [5.41, 5.74) is -0.556. The van der Waals surface area contributed by atoms with Crippen LogP contribution in [0.15, 0.2) is 12.3 Å². The predicted octanol–water partition coefficient (Wildman–Crippen LogP) is 2.42. The van der Waals surface area contributed by atoms with Gasteiger partial charge in [0.25, 0.3) is 0 Å². The summed E-state index contributed by atoms with van der Waals surface area (Å²) in [6.07, 6.45) is 1.23. The third-order valence-corrected chi connectivity index (χ3v) is 2.24. The number of pyridine rings is 1. The number of rotatable bonds is 2. The highest BCUT2D eigenvalue weighted by Crippen LogP contribution is 2.21. The first-order valence-corrected chi connectivity index (χ1v) is 5.30. The summed E-state index contributed by atoms with van der Waals surface area (Å²) in [6, 6.07) is 1.20. The molecule has 1 amide bonds. The van der Waals surface area contributed by atoms with Crippen LogP contribution in [0.2, 0.25) is 5.15 Å². The molecule has 0 saturated carbocycles. The number of carboxylic acid groups (broad SMARTS) is 1. The van der Waals surface area contributed by atoms with Crippen molar-refractivity contribution in [1.82, 2.24) is 4.98 Å². The van der Waals surface area contributed by atoms with Gasteiger partial charge >= 0.3 is 5.97 Å². The normalized spacial score (nSPS) is 11.1. The molecule has 5 nitrogen and oxygen atoms in total. The van der Waals surface area contributed by atoms with Crippen molar-refractivity contribution in [3.05, 3.63) is 23.0 Å². The first kappa shape index (κ1) is 13.4. The molecule has 0 aliphatic heterocycles. The molecular formula is C11H13ClN2O3. The molecule has 0 aromatic carbocycles. The molecule has 0 bridgehead atoms. The van der Waals surface area contributed by atoms with Crippen LogP contribution in [0.25, 0.3) is 0 Å². The van der Waals surface area contributed by atoms with Crippen molar-refractivity contribution >= 4 is 29.2 Å². The number of hydrogen-bond acceptors (Lipinski definition) is 3. The van der Waals surface area contributed by atoms with Crippen molar-refractivity contribution in [3.8, 4) is 0 Å². The number of amides is 1. The Hall–Kier alpha value is -1.62. The standard InChI is InChI=1S/C11H13ClN2O3/c1-11(2,3)10(17)14-7-5-13-8(12)4-6(7)9(15)16/h4-5H,1-3H3,(H,14,17)(H,15,16). The second-order valence-corrected chi connectivity index (χ2v) is 4.95. The smallest absolute Gasteiger partial charge is 0.337 e. The van der Waals surface area contributed by atoms with Crippen molar-refractivity contribution in [2.24, 2.45) is 5.41 Å². The summed E-state index contributed by atoms with van der Waals surface area (Å²) >= 11 is 5.60. The quantitative estimate of drug-likeness (QED) is 0.797. The lowest BCUT2D eigenvalue weighted by Crippen LogP contribution is -2.28. The topological polar surface area (TPSA) is 79.3 Å². The van der Waals surface area contributed by atoms with Crippen LogP contribution in [0.5, 0.6) is 0 Å². The van der Waals surface area contributed by atoms with Crippen LogP contribution < -0.4 is 5.32 Å². The number of aromatic carboxylic acids is 1. The maximum absolute atomic E-state index is 11.7. The van der Waals surface area contributed by atoms with Crippen LogP contribution in [0, 0.1) is 5.41 Å². The Morgan fingerprint density at radius 2 is 2.00 bits per heavy atom. The maximum Gasteiger partial charge on any atom is 0.337 e. The van der Waals surface area contributed by atoms with Crippen LogP contribution in [-0.4, -0.2) is 22.0 Å². The molecule has 1 rings (SSSR count). The lowest BCUT2D eigenvalue weighted by atomic mass is 9.95. The van der Waals surface area contributed by atoms with Gasteiger partial charge in [0.15, 0.2) is 0 Å². The molecule has 6 heteroatoms. The average molecular weight is 257 g/mol. The van der Waals surface area contributed by atoms with Crippen LogP contribution in [0.1, 0.15) is 31.1 Å². The van der Waals surface area contributed by atoms with Crippen LogP contribution in [0.3, 0.4) is 0 Å². The number of anilines is 1. The van der Waals surface area contributed by atoms with Crippen molar-refractivity contribution in [1.29, 1.82) is 0 Å². The highest BCUT2D eigenvalue weighted by Gasteiger charge is 2.23. The first-order valence-electron chi connectivity index (χ1n) is 4.92. The summed E-state index contributed by atoms with van der Waals surface area (Å²) in [4.78, 5) is 26.4. The highest BCUT2D eigenvalue weighted by atomic mass is 35.5. The largest absolute Gasteiger partial charge is 0.478 e. The van der Waals surface area contributed by atoms with E-state index in [0.717, 1.165) is 0 Å². The summed E-state index contributed by atoms with van der Waals surface area (Å²) in [5, 5.41) is 11.6. The Morgan fingerprint density at radius 1 is 1.41 bits per heavy atom. The minimum absolute atomic E-state index is 0.0659. The van der Waals surface area contributed by atoms with Crippen LogP contribution in [0.4, 0.5) is 5.69 Å². The minimum Gasteiger partial charge on any atom is -0.478 e. The van der Waals surface area contributed by atoms with Gasteiger partial charge in [-0.2, -0.15) is 0 Å². The van der Waals surface area contributed by atoms with E-state index in [2.05, 4.69) is 10.3 Å². The van der Waals surface area contributed by atoms with E-state index in [1.54, 1.807) is 20.8 Å². The van der Waals surface area contributed by atoms with E-state index in [4.69, 9.17) is 16.7 Å². The molecule has 0 spiro atoms. The molecule has 1 aromatic heterocycles. The minimum atomic E-state index is -1.17. The molecule has 2 N–H and O–H groups in total. The zero-order chi connectivity index (χ0) is 13.2. The van der Waals surface area contributed by atoms with E-state index < -0.39 is 11.4 Å². The summed E-state index contributed by atoms with van der Waals surface area (Å²) in [5.74, 6) is -1.46. The van der Waals surface area contributed by atoms with E-state index in [0.29, 0.717) is 0 Å². The molecule has 0 fully saturated rings. The van der Waals surface area contributed by atoms with Crippen molar-refractivity contribution < 1.29 is 14.7 Å². The number of halogens is 1. The van der Waals surface area contributed by atoms with Gasteiger partial charge in [0, 0.05) is 5.41 Å². The van der Waals surface area contributed by atoms with Gasteiger partial charge in [-0.3, -0.25) is 4.79 Å². The molecule has 92 valence electrons. The fourth-order valence-electron chi connectivity index (χ4n) is 1.02. The molecule has 0 radical (unpaired) electrons. The van der Waals surface area contributed by atoms with Gasteiger partial charge < -0.3 is 10.4 Å². The molecule has 0 aliphatic carbocycles. The number of hydrogen-bond donors (Lipinski definition) is 2. The van der Waals surface area contributed by atoms with Gasteiger partial charge in [-0.1, -0.05) is 32.4 Å². The number of carboxylic acids is 1. The van der Waals surface area contributed by atoms with Gasteiger partial charge in [0.2, 0.25) is 5.91 Å². The van der Waals surface area contributed by atoms with Gasteiger partial charge in [0.1, 0.15) is 5.15 Å². The van der Waals surface area contributed by atoms with E-state index in [1.807, 2.05) is 0 Å². The summed E-state index contributed by atoms with van der Waals surface area (Å²) < 4.78 is 0. The lowest BCUT2D eigenvalue weighted by molar-refractivity contribution is -0.123. The molecular weight excluding hydrogens is 244 g/mol. The molecule has 1 aromatic rings. The molecule has 0 aliphatic rings. The maximum atomic E-state index is 11.7. The SMILES string of the molecule is CC(C)(C)C(=O)Nc1cnc(Cl)cc1C(=O)O. The monoisotopic (exact) mass is 256 g/mol. The average Bonchev–Trinajstić information content (AvgIpc) is 2.18. The Morgan fingerprint density at radius 3 is 2.47 bits per heavy atom. The van der Waals surface area contributed by atoms with Gasteiger partial charge in [-0.25, -0.2) is 9.78 Å². The van der Waals surface area contributed by atoms with Crippen LogP contribution in [-0.2, 0) is 4.79 Å². The first-order chi connectivity index (χ1) is 7.71. The van der Waals surface area contributed by atoms with Gasteiger partial charge in [-0.15, -0.1) is 0 Å². The molecule has 0 unspecified atom stereocenters. The highest BCUT2D eigenvalue weighted by molar-refractivity contribution is 6.29. The van der Waals surface area contributed by atoms with Crippen molar-refractivity contribution in [2.75, 3.05) is 5.32 Å². The summed E-state index contributed by atoms with van der Waals surface area (Å²) in [7, 11) is 0. The third kappa shape index (κ3) is 3.42. The van der Waals surface area contributed by atoms with E-state index in [1.165, 1.54) is 12.3 Å². The Balaban J connectivity index is 3.07. The van der Waals surface area contributed by atoms with Gasteiger partial charge in [0.05, 0.1) is 17.4 Å². The summed E-state index contributed by atoms with van der Waals surface area (Å²) in [6.45, 7) is 5.18. The van der Waals surface area contributed by atoms with Crippen LogP contribution >= 0.6 is 11.6 Å². The van der Waals surface area contributed by atoms with Crippen molar-refractivity contribution in [3.63, 3.8) is 0 Å². The Bertz CT molecular complexity index is 466. The second-order valence-electron chi connectivity index (χ2n) is 4.56. The number of carbonyl (C=O) groups is 2.